The Bertz CT molecular complexity index is 1070. The van der Waals surface area contributed by atoms with Gasteiger partial charge in [0, 0.05) is 5.56 Å². The van der Waals surface area contributed by atoms with Crippen LogP contribution in [0.25, 0.3) is 0 Å². The van der Waals surface area contributed by atoms with Crippen LogP contribution in [-0.2, 0) is 6.54 Å². The molecule has 0 aliphatic rings. The smallest absolute Gasteiger partial charge is 0.240 e. The number of benzene rings is 2. The minimum atomic E-state index is -0.598. The number of anilines is 2. The van der Waals surface area contributed by atoms with Crippen molar-refractivity contribution < 1.29 is 13.9 Å². The Morgan fingerprint density at radius 2 is 2.11 bits per heavy atom. The molecular formula is C17H15ClFN5O2S. The number of nitrogen functional groups attached to an aromatic ring is 1. The van der Waals surface area contributed by atoms with E-state index in [1.165, 1.54) is 21.5 Å². The summed E-state index contributed by atoms with van der Waals surface area (Å²) >= 11 is 11.1. The SMILES string of the molecule is COc1ccccc1Nn1c(N)nn(CC(=O)c2ccc(F)c(Cl)c2)c1=S. The molecule has 0 amide bonds. The number of ether oxygens (including phenoxy) is 1. The summed E-state index contributed by atoms with van der Waals surface area (Å²) in [6, 6.07) is 10.9. The summed E-state index contributed by atoms with van der Waals surface area (Å²) in [5.74, 6) is -0.284. The van der Waals surface area contributed by atoms with Crippen molar-refractivity contribution in [2.45, 2.75) is 6.54 Å². The molecule has 140 valence electrons. The second-order valence-electron chi connectivity index (χ2n) is 5.50. The molecule has 3 rings (SSSR count). The highest BCUT2D eigenvalue weighted by molar-refractivity contribution is 7.71. The first-order chi connectivity index (χ1) is 12.9. The molecule has 3 aromatic rings. The molecule has 3 N–H and O–H groups in total. The summed E-state index contributed by atoms with van der Waals surface area (Å²) in [4.78, 5) is 12.4. The first-order valence-electron chi connectivity index (χ1n) is 7.74. The van der Waals surface area contributed by atoms with E-state index in [4.69, 9.17) is 34.3 Å². The maximum Gasteiger partial charge on any atom is 0.240 e. The van der Waals surface area contributed by atoms with E-state index in [0.29, 0.717) is 11.4 Å². The third-order valence-corrected chi connectivity index (χ3v) is 4.42. The molecule has 0 fully saturated rings. The molecule has 0 spiro atoms. The van der Waals surface area contributed by atoms with E-state index in [1.54, 1.807) is 19.2 Å². The van der Waals surface area contributed by atoms with Gasteiger partial charge < -0.3 is 10.5 Å². The molecule has 0 radical (unpaired) electrons. The topological polar surface area (TPSA) is 87.1 Å². The third-order valence-electron chi connectivity index (χ3n) is 3.74. The molecule has 1 heterocycles. The average molecular weight is 408 g/mol. The van der Waals surface area contributed by atoms with Gasteiger partial charge in [-0.25, -0.2) is 9.07 Å². The number of hydrogen-bond donors (Lipinski definition) is 2. The molecule has 0 bridgehead atoms. The Labute approximate surface area is 164 Å². The van der Waals surface area contributed by atoms with Gasteiger partial charge in [0.1, 0.15) is 18.1 Å². The Morgan fingerprint density at radius 1 is 1.37 bits per heavy atom. The van der Waals surface area contributed by atoms with Crippen LogP contribution in [0.3, 0.4) is 0 Å². The summed E-state index contributed by atoms with van der Waals surface area (Å²) in [7, 11) is 1.54. The molecule has 7 nitrogen and oxygen atoms in total. The van der Waals surface area contributed by atoms with Crippen LogP contribution in [0.1, 0.15) is 10.4 Å². The number of carbonyl (C=O) groups excluding carboxylic acids is 1. The fraction of sp³-hybridized carbons (Fsp3) is 0.118. The van der Waals surface area contributed by atoms with E-state index in [2.05, 4.69) is 10.5 Å². The predicted molar refractivity (Wildman–Crippen MR) is 103 cm³/mol. The van der Waals surface area contributed by atoms with Crippen LogP contribution < -0.4 is 15.9 Å². The van der Waals surface area contributed by atoms with E-state index < -0.39 is 5.82 Å². The van der Waals surface area contributed by atoms with Crippen LogP contribution in [0, 0.1) is 10.6 Å². The first-order valence-corrected chi connectivity index (χ1v) is 8.53. The summed E-state index contributed by atoms with van der Waals surface area (Å²) in [5, 5.41) is 3.96. The number of carbonyl (C=O) groups is 1. The summed E-state index contributed by atoms with van der Waals surface area (Å²) < 4.78 is 21.3. The molecular weight excluding hydrogens is 393 g/mol. The lowest BCUT2D eigenvalue weighted by Gasteiger charge is -2.11. The van der Waals surface area contributed by atoms with Crippen molar-refractivity contribution in [3.05, 3.63) is 63.6 Å². The number of nitrogens with one attached hydrogen (secondary N) is 1. The maximum atomic E-state index is 13.3. The monoisotopic (exact) mass is 407 g/mol. The number of para-hydroxylation sites is 2. The Morgan fingerprint density at radius 3 is 2.81 bits per heavy atom. The fourth-order valence-electron chi connectivity index (χ4n) is 2.39. The molecule has 0 atom stereocenters. The highest BCUT2D eigenvalue weighted by Crippen LogP contribution is 2.24. The van der Waals surface area contributed by atoms with Crippen LogP contribution in [0.4, 0.5) is 16.0 Å². The van der Waals surface area contributed by atoms with Crippen molar-refractivity contribution in [1.82, 2.24) is 14.5 Å². The lowest BCUT2D eigenvalue weighted by Crippen LogP contribution is -2.15. The van der Waals surface area contributed by atoms with Crippen molar-refractivity contribution in [2.75, 3.05) is 18.3 Å². The van der Waals surface area contributed by atoms with E-state index in [9.17, 15) is 9.18 Å². The van der Waals surface area contributed by atoms with E-state index in [0.717, 1.165) is 6.07 Å². The van der Waals surface area contributed by atoms with E-state index in [-0.39, 0.29) is 33.6 Å². The Balaban J connectivity index is 1.86. The van der Waals surface area contributed by atoms with Crippen LogP contribution in [0.15, 0.2) is 42.5 Å². The third kappa shape index (κ3) is 3.93. The minimum absolute atomic E-state index is 0.0656. The number of aromatic nitrogens is 3. The lowest BCUT2D eigenvalue weighted by atomic mass is 10.1. The zero-order valence-electron chi connectivity index (χ0n) is 14.1. The van der Waals surface area contributed by atoms with Gasteiger partial charge in [0.2, 0.25) is 10.7 Å². The molecule has 10 heteroatoms. The molecule has 0 aliphatic heterocycles. The largest absolute Gasteiger partial charge is 0.495 e. The number of hydrogen-bond acceptors (Lipinski definition) is 6. The molecule has 0 saturated heterocycles. The zero-order valence-corrected chi connectivity index (χ0v) is 15.7. The van der Waals surface area contributed by atoms with E-state index in [1.807, 2.05) is 12.1 Å². The van der Waals surface area contributed by atoms with Crippen molar-refractivity contribution in [2.24, 2.45) is 0 Å². The molecule has 0 unspecified atom stereocenters. The number of nitrogens with two attached hydrogens (primary N) is 1. The highest BCUT2D eigenvalue weighted by atomic mass is 35.5. The summed E-state index contributed by atoms with van der Waals surface area (Å²) in [5.41, 5.74) is 9.79. The van der Waals surface area contributed by atoms with Crippen LogP contribution >= 0.6 is 23.8 Å². The lowest BCUT2D eigenvalue weighted by molar-refractivity contribution is 0.0967. The van der Waals surface area contributed by atoms with E-state index >= 15 is 0 Å². The first kappa shape index (κ1) is 18.9. The Hall–Kier alpha value is -2.91. The highest BCUT2D eigenvalue weighted by Gasteiger charge is 2.15. The molecule has 0 aliphatic carbocycles. The van der Waals surface area contributed by atoms with Crippen molar-refractivity contribution in [1.29, 1.82) is 0 Å². The summed E-state index contributed by atoms with van der Waals surface area (Å²) in [6.07, 6.45) is 0. The number of ketones is 1. The quantitative estimate of drug-likeness (QED) is 0.480. The van der Waals surface area contributed by atoms with Crippen molar-refractivity contribution >= 4 is 41.2 Å². The average Bonchev–Trinajstić information content (AvgIpc) is 2.91. The number of halogens is 2. The van der Waals surface area contributed by atoms with Gasteiger partial charge in [-0.3, -0.25) is 10.2 Å². The zero-order chi connectivity index (χ0) is 19.6. The molecule has 1 aromatic heterocycles. The van der Waals surface area contributed by atoms with Gasteiger partial charge in [-0.1, -0.05) is 23.7 Å². The van der Waals surface area contributed by atoms with Gasteiger partial charge in [0.15, 0.2) is 5.78 Å². The van der Waals surface area contributed by atoms with Crippen molar-refractivity contribution in [3.8, 4) is 5.75 Å². The van der Waals surface area contributed by atoms with Crippen LogP contribution in [-0.4, -0.2) is 27.3 Å². The van der Waals surface area contributed by atoms with Crippen LogP contribution in [0.5, 0.6) is 5.75 Å². The second kappa shape index (κ2) is 7.77. The fourth-order valence-corrected chi connectivity index (χ4v) is 2.81. The molecule has 27 heavy (non-hydrogen) atoms. The second-order valence-corrected chi connectivity index (χ2v) is 6.27. The van der Waals surface area contributed by atoms with Gasteiger partial charge in [-0.05, 0) is 42.5 Å². The standard InChI is InChI=1S/C17H15ClFN5O2S/c1-26-15-5-3-2-4-13(15)21-24-16(20)22-23(17(24)27)9-14(25)10-6-7-12(19)11(18)8-10/h2-8,21H,9H2,1H3,(H2,20,22). The Kier molecular flexibility index (Phi) is 5.43. The normalized spacial score (nSPS) is 10.6. The maximum absolute atomic E-state index is 13.3. The van der Waals surface area contributed by atoms with Gasteiger partial charge in [-0.15, -0.1) is 5.10 Å². The minimum Gasteiger partial charge on any atom is -0.495 e. The number of rotatable bonds is 6. The number of nitrogens with zero attached hydrogens (tertiary/aromatic N) is 3. The van der Waals surface area contributed by atoms with Gasteiger partial charge in [-0.2, -0.15) is 4.68 Å². The van der Waals surface area contributed by atoms with Crippen LogP contribution in [0.2, 0.25) is 5.02 Å². The molecule has 2 aromatic carbocycles. The van der Waals surface area contributed by atoms with Gasteiger partial charge in [0.05, 0.1) is 17.8 Å². The predicted octanol–water partition coefficient (Wildman–Crippen LogP) is 3.56. The van der Waals surface area contributed by atoms with Gasteiger partial charge in [0.25, 0.3) is 0 Å². The molecule has 0 saturated carbocycles. The number of Topliss-reactive ketones (excluding diaryl/α,β-unsaturated/α-hetero) is 1. The summed E-state index contributed by atoms with van der Waals surface area (Å²) in [6.45, 7) is -0.175. The number of methoxy groups -OCH3 is 1. The van der Waals surface area contributed by atoms with Crippen molar-refractivity contribution in [3.63, 3.8) is 0 Å². The van der Waals surface area contributed by atoms with Gasteiger partial charge >= 0.3 is 0 Å².